The molecule has 1 fully saturated rings. The number of rotatable bonds is 4. The summed E-state index contributed by atoms with van der Waals surface area (Å²) in [4.78, 5) is 31.2. The van der Waals surface area contributed by atoms with Gasteiger partial charge in [0.2, 0.25) is 0 Å². The van der Waals surface area contributed by atoms with Gasteiger partial charge in [-0.25, -0.2) is 4.79 Å². The molecule has 1 aliphatic heterocycles. The summed E-state index contributed by atoms with van der Waals surface area (Å²) in [5.41, 5.74) is 0.873. The van der Waals surface area contributed by atoms with Crippen molar-refractivity contribution in [1.82, 2.24) is 15.2 Å². The molecule has 0 aromatic carbocycles. The molecule has 0 saturated carbocycles. The summed E-state index contributed by atoms with van der Waals surface area (Å²) >= 11 is 0. The molecule has 22 heavy (non-hydrogen) atoms. The molecular formula is C15H22N4O3. The van der Waals surface area contributed by atoms with Crippen LogP contribution in [0.5, 0.6) is 0 Å². The van der Waals surface area contributed by atoms with Crippen LogP contribution in [0.1, 0.15) is 19.0 Å². The zero-order chi connectivity index (χ0) is 16.3. The Bertz CT molecular complexity index is 576. The van der Waals surface area contributed by atoms with Crippen molar-refractivity contribution in [2.45, 2.75) is 19.9 Å². The van der Waals surface area contributed by atoms with Gasteiger partial charge in [0.15, 0.2) is 0 Å². The average Bonchev–Trinajstić information content (AvgIpc) is 2.89. The normalized spacial score (nSPS) is 20.8. The zero-order valence-corrected chi connectivity index (χ0v) is 13.2. The highest BCUT2D eigenvalue weighted by Gasteiger charge is 2.42. The van der Waals surface area contributed by atoms with E-state index in [1.807, 2.05) is 31.1 Å². The quantitative estimate of drug-likeness (QED) is 0.871. The maximum Gasteiger partial charge on any atom is 0.317 e. The van der Waals surface area contributed by atoms with Gasteiger partial charge in [0.25, 0.3) is 0 Å². The van der Waals surface area contributed by atoms with Gasteiger partial charge < -0.3 is 20.2 Å². The molecule has 2 rings (SSSR count). The second kappa shape index (κ2) is 6.21. The van der Waals surface area contributed by atoms with E-state index in [0.717, 1.165) is 11.4 Å². The lowest BCUT2D eigenvalue weighted by molar-refractivity contribution is -0.146. The number of hydrogen-bond acceptors (Lipinski definition) is 4. The molecule has 7 nitrogen and oxygen atoms in total. The first-order valence-corrected chi connectivity index (χ1v) is 7.21. The van der Waals surface area contributed by atoms with Gasteiger partial charge in [-0.05, 0) is 25.5 Å². The Morgan fingerprint density at radius 2 is 2.23 bits per heavy atom. The maximum absolute atomic E-state index is 12.2. The van der Waals surface area contributed by atoms with Gasteiger partial charge in [-0.3, -0.25) is 9.78 Å². The average molecular weight is 306 g/mol. The number of aromatic nitrogens is 1. The standard InChI is InChI=1S/C15H22N4O3/c1-15(13(20)21)6-8-19(10-15)14(22)17-9-11-12(18(2)3)5-4-7-16-11/h4-5,7H,6,8-10H2,1-3H3,(H,17,22)(H,20,21). The molecule has 1 aliphatic rings. The van der Waals surface area contributed by atoms with Crippen molar-refractivity contribution in [2.75, 3.05) is 32.1 Å². The number of urea groups is 1. The first kappa shape index (κ1) is 16.1. The number of hydrogen-bond donors (Lipinski definition) is 2. The Hall–Kier alpha value is -2.31. The van der Waals surface area contributed by atoms with E-state index >= 15 is 0 Å². The number of carbonyl (C=O) groups is 2. The molecule has 2 N–H and O–H groups in total. The molecule has 0 aliphatic carbocycles. The molecule has 7 heteroatoms. The molecule has 2 heterocycles. The van der Waals surface area contributed by atoms with Crippen LogP contribution < -0.4 is 10.2 Å². The summed E-state index contributed by atoms with van der Waals surface area (Å²) in [6, 6.07) is 3.53. The topological polar surface area (TPSA) is 85.8 Å². The van der Waals surface area contributed by atoms with Crippen LogP contribution in [0, 0.1) is 5.41 Å². The highest BCUT2D eigenvalue weighted by atomic mass is 16.4. The number of amides is 2. The first-order chi connectivity index (χ1) is 10.3. The lowest BCUT2D eigenvalue weighted by Crippen LogP contribution is -2.40. The minimum absolute atomic E-state index is 0.233. The molecule has 2 amide bonds. The van der Waals surface area contributed by atoms with Gasteiger partial charge in [0.1, 0.15) is 0 Å². The minimum atomic E-state index is -0.859. The van der Waals surface area contributed by atoms with Gasteiger partial charge in [-0.1, -0.05) is 0 Å². The Morgan fingerprint density at radius 3 is 2.82 bits per heavy atom. The van der Waals surface area contributed by atoms with Gasteiger partial charge in [-0.2, -0.15) is 0 Å². The van der Waals surface area contributed by atoms with Crippen LogP contribution in [0.15, 0.2) is 18.3 Å². The summed E-state index contributed by atoms with van der Waals surface area (Å²) in [5.74, 6) is -0.859. The molecule has 120 valence electrons. The highest BCUT2D eigenvalue weighted by Crippen LogP contribution is 2.30. The van der Waals surface area contributed by atoms with Crippen molar-refractivity contribution in [3.05, 3.63) is 24.0 Å². The number of carbonyl (C=O) groups excluding carboxylic acids is 1. The summed E-state index contributed by atoms with van der Waals surface area (Å²) in [6.07, 6.45) is 2.16. The fraction of sp³-hybridized carbons (Fsp3) is 0.533. The van der Waals surface area contributed by atoms with Gasteiger partial charge in [-0.15, -0.1) is 0 Å². The van der Waals surface area contributed by atoms with Crippen LogP contribution in [0.4, 0.5) is 10.5 Å². The van der Waals surface area contributed by atoms with E-state index in [1.54, 1.807) is 18.0 Å². The van der Waals surface area contributed by atoms with Crippen LogP contribution in [-0.2, 0) is 11.3 Å². The predicted octanol–water partition coefficient (Wildman–Crippen LogP) is 1.15. The Morgan fingerprint density at radius 1 is 1.50 bits per heavy atom. The van der Waals surface area contributed by atoms with Crippen molar-refractivity contribution in [3.63, 3.8) is 0 Å². The Labute approximate surface area is 129 Å². The van der Waals surface area contributed by atoms with Crippen LogP contribution in [0.2, 0.25) is 0 Å². The zero-order valence-electron chi connectivity index (χ0n) is 13.2. The molecule has 1 aromatic heterocycles. The fourth-order valence-corrected chi connectivity index (χ4v) is 2.55. The summed E-state index contributed by atoms with van der Waals surface area (Å²) in [7, 11) is 3.84. The van der Waals surface area contributed by atoms with Gasteiger partial charge in [0, 0.05) is 33.4 Å². The fourth-order valence-electron chi connectivity index (χ4n) is 2.55. The second-order valence-electron chi connectivity index (χ2n) is 6.06. The van der Waals surface area contributed by atoms with E-state index in [1.165, 1.54) is 0 Å². The number of carboxylic acid groups (broad SMARTS) is 1. The number of carboxylic acids is 1. The largest absolute Gasteiger partial charge is 0.481 e. The van der Waals surface area contributed by atoms with Crippen LogP contribution in [-0.4, -0.2) is 54.2 Å². The first-order valence-electron chi connectivity index (χ1n) is 7.21. The van der Waals surface area contributed by atoms with E-state index in [9.17, 15) is 14.7 Å². The van der Waals surface area contributed by atoms with E-state index in [-0.39, 0.29) is 12.6 Å². The SMILES string of the molecule is CN(C)c1cccnc1CNC(=O)N1CCC(C)(C(=O)O)C1. The van der Waals surface area contributed by atoms with Crippen molar-refractivity contribution < 1.29 is 14.7 Å². The second-order valence-corrected chi connectivity index (χ2v) is 6.06. The van der Waals surface area contributed by atoms with E-state index in [0.29, 0.717) is 19.5 Å². The molecule has 1 aromatic rings. The predicted molar refractivity (Wildman–Crippen MR) is 82.7 cm³/mol. The monoisotopic (exact) mass is 306 g/mol. The third-order valence-electron chi connectivity index (χ3n) is 4.03. The molecule has 1 unspecified atom stereocenters. The minimum Gasteiger partial charge on any atom is -0.481 e. The highest BCUT2D eigenvalue weighted by molar-refractivity contribution is 5.79. The number of nitrogens with zero attached hydrogens (tertiary/aromatic N) is 3. The van der Waals surface area contributed by atoms with E-state index in [4.69, 9.17) is 0 Å². The molecule has 0 bridgehead atoms. The Balaban J connectivity index is 1.96. The summed E-state index contributed by atoms with van der Waals surface area (Å²) < 4.78 is 0. The smallest absolute Gasteiger partial charge is 0.317 e. The van der Waals surface area contributed by atoms with Crippen LogP contribution in [0.3, 0.4) is 0 Å². The summed E-state index contributed by atoms with van der Waals surface area (Å²) in [6.45, 7) is 2.67. The van der Waals surface area contributed by atoms with E-state index in [2.05, 4.69) is 10.3 Å². The summed E-state index contributed by atoms with van der Waals surface area (Å²) in [5, 5.41) is 12.0. The lowest BCUT2D eigenvalue weighted by atomic mass is 9.90. The molecule has 1 atom stereocenters. The third-order valence-corrected chi connectivity index (χ3v) is 4.03. The van der Waals surface area contributed by atoms with Crippen molar-refractivity contribution in [2.24, 2.45) is 5.41 Å². The Kier molecular flexibility index (Phi) is 4.54. The van der Waals surface area contributed by atoms with Crippen LogP contribution >= 0.6 is 0 Å². The lowest BCUT2D eigenvalue weighted by Gasteiger charge is -2.21. The number of aliphatic carboxylic acids is 1. The van der Waals surface area contributed by atoms with Crippen molar-refractivity contribution >= 4 is 17.7 Å². The number of nitrogens with one attached hydrogen (secondary N) is 1. The third kappa shape index (κ3) is 3.29. The molecule has 0 spiro atoms. The molecule has 0 radical (unpaired) electrons. The van der Waals surface area contributed by atoms with Gasteiger partial charge in [0.05, 0.1) is 23.3 Å². The number of anilines is 1. The number of likely N-dealkylation sites (tertiary alicyclic amines) is 1. The molecule has 1 saturated heterocycles. The maximum atomic E-state index is 12.2. The van der Waals surface area contributed by atoms with Crippen molar-refractivity contribution in [1.29, 1.82) is 0 Å². The van der Waals surface area contributed by atoms with Gasteiger partial charge >= 0.3 is 12.0 Å². The van der Waals surface area contributed by atoms with Crippen molar-refractivity contribution in [3.8, 4) is 0 Å². The number of pyridine rings is 1. The molecular weight excluding hydrogens is 284 g/mol. The van der Waals surface area contributed by atoms with Crippen LogP contribution in [0.25, 0.3) is 0 Å². The van der Waals surface area contributed by atoms with E-state index < -0.39 is 11.4 Å².